The summed E-state index contributed by atoms with van der Waals surface area (Å²) < 4.78 is 14.4. The van der Waals surface area contributed by atoms with Gasteiger partial charge in [-0.2, -0.15) is 0 Å². The van der Waals surface area contributed by atoms with Crippen LogP contribution in [0.5, 0.6) is 0 Å². The first kappa shape index (κ1) is 24.4. The number of carbonyl (C=O) groups is 1. The number of benzene rings is 1. The minimum atomic E-state index is -0.548. The fraction of sp³-hybridized carbons (Fsp3) is 0.577. The van der Waals surface area contributed by atoms with Crippen LogP contribution in [0.4, 0.5) is 10.2 Å². The van der Waals surface area contributed by atoms with Crippen molar-refractivity contribution >= 4 is 23.3 Å². The van der Waals surface area contributed by atoms with E-state index in [-0.39, 0.29) is 28.4 Å². The number of carbonyl (C=O) groups excluding carboxylic acids is 1. The molecule has 1 aliphatic carbocycles. The lowest BCUT2D eigenvalue weighted by molar-refractivity contribution is -0.133. The maximum Gasteiger partial charge on any atom is 0.231 e. The van der Waals surface area contributed by atoms with E-state index >= 15 is 0 Å². The van der Waals surface area contributed by atoms with Gasteiger partial charge in [-0.25, -0.2) is 14.4 Å². The highest BCUT2D eigenvalue weighted by molar-refractivity contribution is 6.30. The van der Waals surface area contributed by atoms with Crippen molar-refractivity contribution in [2.75, 3.05) is 31.1 Å². The maximum absolute atomic E-state index is 14.4. The molecular formula is C26H33ClFN5O2. The van der Waals surface area contributed by atoms with E-state index in [1.54, 1.807) is 6.07 Å². The molecule has 3 heterocycles. The van der Waals surface area contributed by atoms with Crippen LogP contribution < -0.4 is 10.2 Å². The lowest BCUT2D eigenvalue weighted by Gasteiger charge is -2.39. The van der Waals surface area contributed by atoms with Crippen LogP contribution in [0, 0.1) is 5.82 Å². The number of nitrogens with one attached hydrogen (secondary N) is 1. The van der Waals surface area contributed by atoms with E-state index in [0.717, 1.165) is 29.9 Å². The topological polar surface area (TPSA) is 81.6 Å². The Labute approximate surface area is 210 Å². The van der Waals surface area contributed by atoms with E-state index in [1.165, 1.54) is 18.5 Å². The minimum absolute atomic E-state index is 0.0123. The standard InChI is InChI=1S/C26H33ClFN5O2/c1-15-12-20(34)23-21(15)24(30-14-29-23)32-8-10-33(11-9-32)25(35)22(19-6-7-26(2,3)31-19)16-4-5-17(27)18(28)13-16/h4-5,13-15,19-20,22,31,34H,6-12H2,1-3H3/t15-,19+,20+,22+/m1/s1. The molecule has 0 unspecified atom stereocenters. The van der Waals surface area contributed by atoms with Crippen molar-refractivity contribution in [2.45, 2.75) is 69.6 Å². The Morgan fingerprint density at radius 1 is 1.26 bits per heavy atom. The van der Waals surface area contributed by atoms with Crippen LogP contribution in [-0.2, 0) is 4.79 Å². The van der Waals surface area contributed by atoms with Gasteiger partial charge in [0.15, 0.2) is 0 Å². The summed E-state index contributed by atoms with van der Waals surface area (Å²) >= 11 is 5.93. The molecule has 3 aliphatic rings. The number of hydrogen-bond acceptors (Lipinski definition) is 6. The zero-order valence-corrected chi connectivity index (χ0v) is 21.2. The monoisotopic (exact) mass is 501 g/mol. The van der Waals surface area contributed by atoms with Crippen LogP contribution in [0.15, 0.2) is 24.5 Å². The van der Waals surface area contributed by atoms with Gasteiger partial charge in [-0.3, -0.25) is 4.79 Å². The molecule has 35 heavy (non-hydrogen) atoms. The number of piperazine rings is 1. The van der Waals surface area contributed by atoms with Gasteiger partial charge in [0.05, 0.1) is 22.7 Å². The second kappa shape index (κ2) is 9.30. The van der Waals surface area contributed by atoms with Gasteiger partial charge in [-0.1, -0.05) is 24.6 Å². The highest BCUT2D eigenvalue weighted by Gasteiger charge is 2.41. The molecule has 0 spiro atoms. The maximum atomic E-state index is 14.4. The molecule has 2 N–H and O–H groups in total. The van der Waals surface area contributed by atoms with E-state index in [4.69, 9.17) is 11.6 Å². The third-order valence-electron chi connectivity index (χ3n) is 7.80. The van der Waals surface area contributed by atoms with E-state index in [0.29, 0.717) is 38.2 Å². The predicted molar refractivity (Wildman–Crippen MR) is 133 cm³/mol. The van der Waals surface area contributed by atoms with Crippen molar-refractivity contribution in [3.05, 3.63) is 52.2 Å². The Balaban J connectivity index is 1.35. The van der Waals surface area contributed by atoms with Gasteiger partial charge in [0.1, 0.15) is 18.0 Å². The summed E-state index contributed by atoms with van der Waals surface area (Å²) in [5.74, 6) is 0.0864. The van der Waals surface area contributed by atoms with Crippen LogP contribution in [-0.4, -0.2) is 63.6 Å². The molecule has 9 heteroatoms. The molecule has 1 amide bonds. The molecular weight excluding hydrogens is 469 g/mol. The summed E-state index contributed by atoms with van der Waals surface area (Å²) in [6.07, 6.45) is 3.43. The fourth-order valence-electron chi connectivity index (χ4n) is 5.95. The number of aromatic nitrogens is 2. The summed E-state index contributed by atoms with van der Waals surface area (Å²) in [7, 11) is 0. The van der Waals surface area contributed by atoms with Gasteiger partial charge < -0.3 is 20.2 Å². The van der Waals surface area contributed by atoms with Crippen molar-refractivity contribution in [2.24, 2.45) is 0 Å². The van der Waals surface area contributed by atoms with E-state index in [1.807, 2.05) is 4.90 Å². The molecule has 2 aliphatic heterocycles. The second-order valence-corrected chi connectivity index (χ2v) is 11.2. The number of amides is 1. The summed E-state index contributed by atoms with van der Waals surface area (Å²) in [6, 6.07) is 4.65. The van der Waals surface area contributed by atoms with Crippen molar-refractivity contribution in [1.82, 2.24) is 20.2 Å². The Morgan fingerprint density at radius 2 is 2.00 bits per heavy atom. The number of aliphatic hydroxyl groups is 1. The molecule has 188 valence electrons. The van der Waals surface area contributed by atoms with Crippen molar-refractivity contribution in [3.63, 3.8) is 0 Å². The molecule has 2 aromatic rings. The zero-order valence-electron chi connectivity index (χ0n) is 20.5. The molecule has 2 fully saturated rings. The molecule has 5 rings (SSSR count). The normalized spacial score (nSPS) is 26.6. The number of hydrogen-bond donors (Lipinski definition) is 2. The molecule has 7 nitrogen and oxygen atoms in total. The predicted octanol–water partition coefficient (Wildman–Crippen LogP) is 3.77. The Morgan fingerprint density at radius 3 is 2.66 bits per heavy atom. The number of anilines is 1. The molecule has 0 saturated carbocycles. The quantitative estimate of drug-likeness (QED) is 0.663. The van der Waals surface area contributed by atoms with Crippen LogP contribution in [0.2, 0.25) is 5.02 Å². The first-order valence-corrected chi connectivity index (χ1v) is 12.8. The Bertz CT molecular complexity index is 1120. The number of aliphatic hydroxyl groups excluding tert-OH is 1. The smallest absolute Gasteiger partial charge is 0.231 e. The number of rotatable bonds is 4. The second-order valence-electron chi connectivity index (χ2n) is 10.8. The van der Waals surface area contributed by atoms with E-state index < -0.39 is 17.8 Å². The summed E-state index contributed by atoms with van der Waals surface area (Å²) in [5.41, 5.74) is 2.33. The highest BCUT2D eigenvalue weighted by Crippen LogP contribution is 2.43. The fourth-order valence-corrected chi connectivity index (χ4v) is 6.07. The lowest BCUT2D eigenvalue weighted by Crippen LogP contribution is -2.53. The van der Waals surface area contributed by atoms with Gasteiger partial charge in [0.25, 0.3) is 0 Å². The van der Waals surface area contributed by atoms with Crippen molar-refractivity contribution in [1.29, 1.82) is 0 Å². The van der Waals surface area contributed by atoms with Crippen LogP contribution >= 0.6 is 11.6 Å². The number of nitrogens with zero attached hydrogens (tertiary/aromatic N) is 4. The summed E-state index contributed by atoms with van der Waals surface area (Å²) in [6.45, 7) is 8.75. The van der Waals surface area contributed by atoms with Gasteiger partial charge in [-0.05, 0) is 56.7 Å². The van der Waals surface area contributed by atoms with Crippen molar-refractivity contribution in [3.8, 4) is 0 Å². The van der Waals surface area contributed by atoms with E-state index in [2.05, 4.69) is 41.0 Å². The molecule has 1 aromatic carbocycles. The molecule has 4 atom stereocenters. The van der Waals surface area contributed by atoms with Gasteiger partial charge in [0.2, 0.25) is 5.91 Å². The zero-order chi connectivity index (χ0) is 24.9. The van der Waals surface area contributed by atoms with Gasteiger partial charge in [0, 0.05) is 43.3 Å². The molecule has 0 radical (unpaired) electrons. The van der Waals surface area contributed by atoms with Crippen LogP contribution in [0.1, 0.15) is 74.8 Å². The summed E-state index contributed by atoms with van der Waals surface area (Å²) in [5, 5.41) is 14.0. The number of halogens is 2. The summed E-state index contributed by atoms with van der Waals surface area (Å²) in [4.78, 5) is 26.8. The van der Waals surface area contributed by atoms with Crippen molar-refractivity contribution < 1.29 is 14.3 Å². The number of fused-ring (bicyclic) bond motifs is 1. The third kappa shape index (κ3) is 4.63. The largest absolute Gasteiger partial charge is 0.387 e. The first-order chi connectivity index (χ1) is 16.6. The average Bonchev–Trinajstić information content (AvgIpc) is 3.34. The Hall–Kier alpha value is -2.29. The van der Waals surface area contributed by atoms with Gasteiger partial charge in [-0.15, -0.1) is 0 Å². The minimum Gasteiger partial charge on any atom is -0.387 e. The molecule has 0 bridgehead atoms. The van der Waals surface area contributed by atoms with E-state index in [9.17, 15) is 14.3 Å². The first-order valence-electron chi connectivity index (χ1n) is 12.4. The molecule has 2 saturated heterocycles. The van der Waals surface area contributed by atoms with Crippen LogP contribution in [0.25, 0.3) is 0 Å². The Kier molecular flexibility index (Phi) is 6.48. The van der Waals surface area contributed by atoms with Gasteiger partial charge >= 0.3 is 0 Å². The lowest BCUT2D eigenvalue weighted by atomic mass is 9.88. The average molecular weight is 502 g/mol. The third-order valence-corrected chi connectivity index (χ3v) is 8.10. The van der Waals surface area contributed by atoms with Crippen LogP contribution in [0.3, 0.4) is 0 Å². The molecule has 1 aromatic heterocycles. The highest BCUT2D eigenvalue weighted by atomic mass is 35.5. The SMILES string of the molecule is C[C@@H]1C[C@H](O)c2ncnc(N3CCN(C(=O)[C@@H](c4ccc(Cl)c(F)c4)[C@@H]4CCC(C)(C)N4)CC3)c21.